The van der Waals surface area contributed by atoms with Crippen LogP contribution in [-0.2, 0) is 0 Å². The molecule has 114 valence electrons. The molecule has 0 saturated carbocycles. The number of benzene rings is 1. The fourth-order valence-corrected chi connectivity index (χ4v) is 3.12. The number of nitrogens with zero attached hydrogens (tertiary/aromatic N) is 2. The van der Waals surface area contributed by atoms with E-state index in [0.29, 0.717) is 18.8 Å². The van der Waals surface area contributed by atoms with Gasteiger partial charge in [0, 0.05) is 25.2 Å². The topological polar surface area (TPSA) is 83.7 Å². The minimum atomic E-state index is -1.21. The van der Waals surface area contributed by atoms with Gasteiger partial charge in [-0.1, -0.05) is 25.4 Å². The maximum atomic E-state index is 11.4. The van der Waals surface area contributed by atoms with Crippen LogP contribution in [0.4, 0.5) is 11.4 Å². The summed E-state index contributed by atoms with van der Waals surface area (Å²) in [7, 11) is 0. The van der Waals surface area contributed by atoms with E-state index >= 15 is 0 Å². The molecular weight excluding hydrogens is 296 g/mol. The molecule has 1 aromatic rings. The first-order valence-corrected chi connectivity index (χ1v) is 7.05. The molecule has 0 radical (unpaired) electrons. The normalized spacial score (nSPS) is 17.6. The first kappa shape index (κ1) is 15.6. The number of carboxylic acid groups (broad SMARTS) is 1. The van der Waals surface area contributed by atoms with Gasteiger partial charge in [-0.15, -0.1) is 0 Å². The van der Waals surface area contributed by atoms with Crippen molar-refractivity contribution in [2.24, 2.45) is 5.41 Å². The zero-order valence-corrected chi connectivity index (χ0v) is 12.7. The van der Waals surface area contributed by atoms with Crippen molar-refractivity contribution in [3.63, 3.8) is 0 Å². The van der Waals surface area contributed by atoms with Gasteiger partial charge in [0.1, 0.15) is 0 Å². The van der Waals surface area contributed by atoms with Crippen LogP contribution in [0.3, 0.4) is 0 Å². The number of non-ortho nitro benzene ring substituents is 1. The van der Waals surface area contributed by atoms with E-state index in [9.17, 15) is 20.0 Å². The molecule has 1 aliphatic rings. The average molecular weight is 313 g/mol. The summed E-state index contributed by atoms with van der Waals surface area (Å²) >= 11 is 6.14. The average Bonchev–Trinajstić information content (AvgIpc) is 2.36. The molecular formula is C14H17ClN2O4. The molecule has 1 saturated heterocycles. The summed E-state index contributed by atoms with van der Waals surface area (Å²) < 4.78 is 0. The number of carbonyl (C=O) groups is 1. The van der Waals surface area contributed by atoms with E-state index in [1.165, 1.54) is 6.07 Å². The molecule has 0 unspecified atom stereocenters. The van der Waals surface area contributed by atoms with Crippen LogP contribution in [0.5, 0.6) is 0 Å². The van der Waals surface area contributed by atoms with Crippen molar-refractivity contribution in [3.8, 4) is 0 Å². The van der Waals surface area contributed by atoms with Gasteiger partial charge in [0.2, 0.25) is 0 Å². The molecule has 21 heavy (non-hydrogen) atoms. The van der Waals surface area contributed by atoms with Gasteiger partial charge in [0.15, 0.2) is 0 Å². The third kappa shape index (κ3) is 3.26. The van der Waals surface area contributed by atoms with Crippen LogP contribution < -0.4 is 4.90 Å². The van der Waals surface area contributed by atoms with E-state index in [0.717, 1.165) is 18.9 Å². The summed E-state index contributed by atoms with van der Waals surface area (Å²) in [4.78, 5) is 23.6. The number of carboxylic acids is 1. The number of aromatic carboxylic acids is 1. The Kier molecular flexibility index (Phi) is 4.09. The summed E-state index contributed by atoms with van der Waals surface area (Å²) in [5.41, 5.74) is 0.00549. The molecule has 2 rings (SSSR count). The van der Waals surface area contributed by atoms with Gasteiger partial charge in [-0.05, 0) is 18.3 Å². The van der Waals surface area contributed by atoms with E-state index < -0.39 is 10.9 Å². The van der Waals surface area contributed by atoms with Crippen LogP contribution in [0.25, 0.3) is 0 Å². The molecule has 0 amide bonds. The molecule has 1 N–H and O–H groups in total. The quantitative estimate of drug-likeness (QED) is 0.681. The van der Waals surface area contributed by atoms with Crippen LogP contribution in [0.15, 0.2) is 12.1 Å². The Hall–Kier alpha value is -1.82. The predicted molar refractivity (Wildman–Crippen MR) is 80.3 cm³/mol. The number of piperidine rings is 1. The van der Waals surface area contributed by atoms with Crippen LogP contribution >= 0.6 is 11.6 Å². The summed E-state index contributed by atoms with van der Waals surface area (Å²) in [6.45, 7) is 5.59. The van der Waals surface area contributed by atoms with Crippen LogP contribution in [0.1, 0.15) is 37.0 Å². The summed E-state index contributed by atoms with van der Waals surface area (Å²) in [5, 5.41) is 20.3. The van der Waals surface area contributed by atoms with Crippen LogP contribution in [0, 0.1) is 15.5 Å². The summed E-state index contributed by atoms with van der Waals surface area (Å²) in [6.07, 6.45) is 1.98. The molecule has 0 atom stereocenters. The third-order valence-electron chi connectivity index (χ3n) is 3.71. The Morgan fingerprint density at radius 1 is 1.48 bits per heavy atom. The Labute approximate surface area is 127 Å². The Balaban J connectivity index is 2.52. The van der Waals surface area contributed by atoms with E-state index in [4.69, 9.17) is 11.6 Å². The van der Waals surface area contributed by atoms with E-state index in [-0.39, 0.29) is 21.7 Å². The lowest BCUT2D eigenvalue weighted by atomic mass is 9.84. The molecule has 0 aromatic heterocycles. The molecule has 6 nitrogen and oxygen atoms in total. The van der Waals surface area contributed by atoms with E-state index in [1.54, 1.807) is 0 Å². The zero-order valence-electron chi connectivity index (χ0n) is 11.9. The number of rotatable bonds is 3. The van der Waals surface area contributed by atoms with Crippen LogP contribution in [0.2, 0.25) is 5.02 Å². The highest BCUT2D eigenvalue weighted by Crippen LogP contribution is 2.39. The number of nitro groups is 1. The highest BCUT2D eigenvalue weighted by atomic mass is 35.5. The van der Waals surface area contributed by atoms with E-state index in [2.05, 4.69) is 13.8 Å². The Morgan fingerprint density at radius 3 is 2.67 bits per heavy atom. The number of halogens is 1. The highest BCUT2D eigenvalue weighted by molar-refractivity contribution is 6.34. The van der Waals surface area contributed by atoms with Gasteiger partial charge in [0.25, 0.3) is 5.69 Å². The SMILES string of the molecule is CC1(C)CCCN(c2c(Cl)cc([N+](=O)[O-])cc2C(=O)O)C1. The number of hydrogen-bond donors (Lipinski definition) is 1. The van der Waals surface area contributed by atoms with Crippen molar-refractivity contribution in [2.75, 3.05) is 18.0 Å². The maximum Gasteiger partial charge on any atom is 0.338 e. The Bertz CT molecular complexity index is 601. The monoisotopic (exact) mass is 312 g/mol. The first-order chi connectivity index (χ1) is 9.71. The maximum absolute atomic E-state index is 11.4. The number of hydrogen-bond acceptors (Lipinski definition) is 4. The Morgan fingerprint density at radius 2 is 2.14 bits per heavy atom. The van der Waals surface area contributed by atoms with Gasteiger partial charge >= 0.3 is 5.97 Å². The molecule has 1 fully saturated rings. The van der Waals surface area contributed by atoms with Crippen molar-refractivity contribution >= 4 is 28.9 Å². The number of anilines is 1. The van der Waals surface area contributed by atoms with Gasteiger partial charge in [-0.2, -0.15) is 0 Å². The molecule has 1 aromatic carbocycles. The lowest BCUT2D eigenvalue weighted by Crippen LogP contribution is -2.41. The standard InChI is InChI=1S/C14H17ClN2O4/c1-14(2)4-3-5-16(8-14)12-10(13(18)19)6-9(17(20)21)7-11(12)15/h6-7H,3-5,8H2,1-2H3,(H,18,19). The van der Waals surface area contributed by atoms with Crippen LogP contribution in [-0.4, -0.2) is 29.1 Å². The van der Waals surface area contributed by atoms with Crippen molar-refractivity contribution in [2.45, 2.75) is 26.7 Å². The molecule has 0 spiro atoms. The fourth-order valence-electron chi connectivity index (χ4n) is 2.79. The fraction of sp³-hybridized carbons (Fsp3) is 0.500. The minimum Gasteiger partial charge on any atom is -0.478 e. The molecule has 7 heteroatoms. The second-order valence-corrected chi connectivity index (χ2v) is 6.48. The smallest absolute Gasteiger partial charge is 0.338 e. The van der Waals surface area contributed by atoms with Gasteiger partial charge in [-0.25, -0.2) is 4.79 Å². The predicted octanol–water partition coefficient (Wildman–Crippen LogP) is 3.57. The first-order valence-electron chi connectivity index (χ1n) is 6.67. The largest absolute Gasteiger partial charge is 0.478 e. The lowest BCUT2D eigenvalue weighted by molar-refractivity contribution is -0.384. The second-order valence-electron chi connectivity index (χ2n) is 6.08. The van der Waals surface area contributed by atoms with Crippen molar-refractivity contribution in [1.29, 1.82) is 0 Å². The molecule has 0 bridgehead atoms. The summed E-state index contributed by atoms with van der Waals surface area (Å²) in [5.74, 6) is -1.21. The molecule has 1 heterocycles. The zero-order chi connectivity index (χ0) is 15.8. The summed E-state index contributed by atoms with van der Waals surface area (Å²) in [6, 6.07) is 2.29. The highest BCUT2D eigenvalue weighted by Gasteiger charge is 2.31. The van der Waals surface area contributed by atoms with Gasteiger partial charge < -0.3 is 10.0 Å². The van der Waals surface area contributed by atoms with Crippen molar-refractivity contribution in [1.82, 2.24) is 0 Å². The molecule has 1 aliphatic heterocycles. The second kappa shape index (κ2) is 5.52. The van der Waals surface area contributed by atoms with Gasteiger partial charge in [-0.3, -0.25) is 10.1 Å². The van der Waals surface area contributed by atoms with Gasteiger partial charge in [0.05, 0.1) is 21.2 Å². The minimum absolute atomic E-state index is 0.0547. The third-order valence-corrected chi connectivity index (χ3v) is 3.99. The number of nitro benzene ring substituents is 1. The van der Waals surface area contributed by atoms with Crippen molar-refractivity contribution in [3.05, 3.63) is 32.8 Å². The van der Waals surface area contributed by atoms with E-state index in [1.807, 2.05) is 4.90 Å². The lowest BCUT2D eigenvalue weighted by Gasteiger charge is -2.40. The molecule has 0 aliphatic carbocycles. The van der Waals surface area contributed by atoms with Crippen molar-refractivity contribution < 1.29 is 14.8 Å².